The molecule has 0 aliphatic heterocycles. The van der Waals surface area contributed by atoms with Gasteiger partial charge in [-0.05, 0) is 36.6 Å². The number of ether oxygens (including phenoxy) is 2. The smallest absolute Gasteiger partial charge is 0.327 e. The minimum atomic E-state index is -0.928. The molecular weight excluding hydrogens is 350 g/mol. The van der Waals surface area contributed by atoms with Gasteiger partial charge in [-0.25, -0.2) is 0 Å². The molecule has 3 N–H and O–H groups in total. The lowest BCUT2D eigenvalue weighted by molar-refractivity contribution is -0.140. The van der Waals surface area contributed by atoms with E-state index < -0.39 is 17.7 Å². The molecule has 9 heteroatoms. The zero-order chi connectivity index (χ0) is 18.4. The number of benzene rings is 1. The second kappa shape index (κ2) is 8.39. The van der Waals surface area contributed by atoms with Crippen LogP contribution in [0.1, 0.15) is 18.4 Å². The third-order valence-corrected chi connectivity index (χ3v) is 3.58. The lowest BCUT2D eigenvalue weighted by Crippen LogP contribution is -2.48. The SMILES string of the molecule is COc1cc(/C=C/C(=O)NNC(=O)C(=O)NC2CC2)cc(Cl)c1OC. The Balaban J connectivity index is 1.90. The summed E-state index contributed by atoms with van der Waals surface area (Å²) in [6.45, 7) is 0. The molecule has 1 aromatic rings. The maximum absolute atomic E-state index is 11.7. The Morgan fingerprint density at radius 1 is 1.12 bits per heavy atom. The predicted molar refractivity (Wildman–Crippen MR) is 91.0 cm³/mol. The highest BCUT2D eigenvalue weighted by Crippen LogP contribution is 2.36. The number of carbonyl (C=O) groups is 3. The van der Waals surface area contributed by atoms with E-state index in [0.717, 1.165) is 12.8 Å². The van der Waals surface area contributed by atoms with E-state index in [1.807, 2.05) is 5.43 Å². The molecule has 0 bridgehead atoms. The zero-order valence-electron chi connectivity index (χ0n) is 13.7. The van der Waals surface area contributed by atoms with Crippen LogP contribution >= 0.6 is 11.6 Å². The van der Waals surface area contributed by atoms with Crippen LogP contribution < -0.4 is 25.6 Å². The van der Waals surface area contributed by atoms with E-state index in [0.29, 0.717) is 22.1 Å². The summed E-state index contributed by atoms with van der Waals surface area (Å²) in [5, 5.41) is 2.83. The Bertz CT molecular complexity index is 716. The maximum atomic E-state index is 11.7. The molecule has 25 heavy (non-hydrogen) atoms. The summed E-state index contributed by atoms with van der Waals surface area (Å²) in [5.74, 6) is -1.51. The van der Waals surface area contributed by atoms with Gasteiger partial charge in [0.05, 0.1) is 19.2 Å². The van der Waals surface area contributed by atoms with E-state index in [-0.39, 0.29) is 6.04 Å². The second-order valence-corrected chi connectivity index (χ2v) is 5.67. The van der Waals surface area contributed by atoms with Crippen LogP contribution in [0, 0.1) is 0 Å². The first kappa shape index (κ1) is 18.6. The normalized spacial score (nSPS) is 13.2. The van der Waals surface area contributed by atoms with Gasteiger partial charge in [-0.2, -0.15) is 0 Å². The van der Waals surface area contributed by atoms with E-state index in [1.54, 1.807) is 12.1 Å². The third-order valence-electron chi connectivity index (χ3n) is 3.30. The van der Waals surface area contributed by atoms with Crippen molar-refractivity contribution in [3.8, 4) is 11.5 Å². The molecule has 8 nitrogen and oxygen atoms in total. The minimum absolute atomic E-state index is 0.0589. The highest BCUT2D eigenvalue weighted by Gasteiger charge is 2.26. The van der Waals surface area contributed by atoms with Gasteiger partial charge in [-0.1, -0.05) is 11.6 Å². The van der Waals surface area contributed by atoms with Gasteiger partial charge in [0.25, 0.3) is 5.91 Å². The molecule has 1 saturated carbocycles. The van der Waals surface area contributed by atoms with E-state index >= 15 is 0 Å². The van der Waals surface area contributed by atoms with Crippen LogP contribution in [-0.4, -0.2) is 38.0 Å². The van der Waals surface area contributed by atoms with Crippen molar-refractivity contribution in [1.82, 2.24) is 16.2 Å². The van der Waals surface area contributed by atoms with Crippen LogP contribution in [-0.2, 0) is 14.4 Å². The Hall–Kier alpha value is -2.74. The fourth-order valence-electron chi connectivity index (χ4n) is 1.90. The lowest BCUT2D eigenvalue weighted by Gasteiger charge is -2.10. The van der Waals surface area contributed by atoms with E-state index in [1.165, 1.54) is 26.4 Å². The fourth-order valence-corrected chi connectivity index (χ4v) is 2.20. The Kier molecular flexibility index (Phi) is 6.24. The molecule has 0 spiro atoms. The summed E-state index contributed by atoms with van der Waals surface area (Å²) in [6, 6.07) is 3.29. The number of rotatable bonds is 5. The van der Waals surface area contributed by atoms with Crippen molar-refractivity contribution < 1.29 is 23.9 Å². The molecule has 0 unspecified atom stereocenters. The number of hydrazine groups is 1. The first-order chi connectivity index (χ1) is 11.9. The number of carbonyl (C=O) groups excluding carboxylic acids is 3. The van der Waals surface area contributed by atoms with Gasteiger partial charge in [0.2, 0.25) is 0 Å². The minimum Gasteiger partial charge on any atom is -0.493 e. The molecule has 1 aliphatic carbocycles. The standard InChI is InChI=1S/C16H18ClN3O5/c1-24-12-8-9(7-11(17)14(12)25-2)3-6-13(21)19-20-16(23)15(22)18-10-4-5-10/h3,6-8,10H,4-5H2,1-2H3,(H,18,22)(H,19,21)(H,20,23)/b6-3+. The Morgan fingerprint density at radius 2 is 1.84 bits per heavy atom. The largest absolute Gasteiger partial charge is 0.493 e. The summed E-state index contributed by atoms with van der Waals surface area (Å²) in [6.07, 6.45) is 4.38. The molecule has 134 valence electrons. The summed E-state index contributed by atoms with van der Waals surface area (Å²) >= 11 is 6.07. The number of amides is 3. The maximum Gasteiger partial charge on any atom is 0.327 e. The summed E-state index contributed by atoms with van der Waals surface area (Å²) in [4.78, 5) is 34.6. The summed E-state index contributed by atoms with van der Waals surface area (Å²) in [7, 11) is 2.94. The van der Waals surface area contributed by atoms with Crippen molar-refractivity contribution in [2.75, 3.05) is 14.2 Å². The van der Waals surface area contributed by atoms with Gasteiger partial charge in [-0.15, -0.1) is 0 Å². The molecular formula is C16H18ClN3O5. The molecule has 2 rings (SSSR count). The average Bonchev–Trinajstić information content (AvgIpc) is 3.40. The van der Waals surface area contributed by atoms with Crippen LogP contribution in [0.4, 0.5) is 0 Å². The molecule has 0 heterocycles. The molecule has 0 saturated heterocycles. The fraction of sp³-hybridized carbons (Fsp3) is 0.312. The van der Waals surface area contributed by atoms with Crippen LogP contribution in [0.5, 0.6) is 11.5 Å². The molecule has 1 aliphatic rings. The quantitative estimate of drug-likeness (QED) is 0.405. The van der Waals surface area contributed by atoms with Gasteiger partial charge < -0.3 is 14.8 Å². The molecule has 0 aromatic heterocycles. The number of hydrogen-bond donors (Lipinski definition) is 3. The Labute approximate surface area is 149 Å². The van der Waals surface area contributed by atoms with Crippen molar-refractivity contribution in [3.05, 3.63) is 28.8 Å². The van der Waals surface area contributed by atoms with E-state index in [4.69, 9.17) is 21.1 Å². The number of hydrogen-bond acceptors (Lipinski definition) is 5. The van der Waals surface area contributed by atoms with Gasteiger partial charge in [0.15, 0.2) is 11.5 Å². The average molecular weight is 368 g/mol. The molecule has 1 fully saturated rings. The molecule has 3 amide bonds. The van der Waals surface area contributed by atoms with Crippen molar-refractivity contribution in [2.45, 2.75) is 18.9 Å². The first-order valence-corrected chi connectivity index (χ1v) is 7.82. The van der Waals surface area contributed by atoms with E-state index in [9.17, 15) is 14.4 Å². The number of halogens is 1. The summed E-state index contributed by atoms with van der Waals surface area (Å²) < 4.78 is 10.3. The van der Waals surface area contributed by atoms with Gasteiger partial charge in [0, 0.05) is 12.1 Å². The van der Waals surface area contributed by atoms with Gasteiger partial charge >= 0.3 is 11.8 Å². The highest BCUT2D eigenvalue weighted by molar-refractivity contribution is 6.35. The summed E-state index contributed by atoms with van der Waals surface area (Å²) in [5.41, 5.74) is 4.74. The van der Waals surface area contributed by atoms with Crippen molar-refractivity contribution in [3.63, 3.8) is 0 Å². The van der Waals surface area contributed by atoms with Crippen molar-refractivity contribution >= 4 is 35.4 Å². The van der Waals surface area contributed by atoms with Crippen LogP contribution in [0.15, 0.2) is 18.2 Å². The topological polar surface area (TPSA) is 106 Å². The van der Waals surface area contributed by atoms with Crippen LogP contribution in [0.2, 0.25) is 5.02 Å². The number of methoxy groups -OCH3 is 2. The first-order valence-electron chi connectivity index (χ1n) is 7.45. The highest BCUT2D eigenvalue weighted by atomic mass is 35.5. The molecule has 0 atom stereocenters. The third kappa shape index (κ3) is 5.39. The molecule has 1 aromatic carbocycles. The Morgan fingerprint density at radius 3 is 2.44 bits per heavy atom. The van der Waals surface area contributed by atoms with Crippen LogP contribution in [0.3, 0.4) is 0 Å². The monoisotopic (exact) mass is 367 g/mol. The lowest BCUT2D eigenvalue weighted by atomic mass is 10.2. The van der Waals surface area contributed by atoms with Crippen molar-refractivity contribution in [1.29, 1.82) is 0 Å². The predicted octanol–water partition coefficient (Wildman–Crippen LogP) is 0.796. The van der Waals surface area contributed by atoms with E-state index in [2.05, 4.69) is 10.7 Å². The zero-order valence-corrected chi connectivity index (χ0v) is 14.5. The van der Waals surface area contributed by atoms with Gasteiger partial charge in [-0.3, -0.25) is 25.2 Å². The van der Waals surface area contributed by atoms with Crippen LogP contribution in [0.25, 0.3) is 6.08 Å². The number of nitrogens with one attached hydrogen (secondary N) is 3. The van der Waals surface area contributed by atoms with Gasteiger partial charge in [0.1, 0.15) is 0 Å². The van der Waals surface area contributed by atoms with Crippen molar-refractivity contribution in [2.24, 2.45) is 0 Å². The second-order valence-electron chi connectivity index (χ2n) is 5.26. The molecule has 0 radical (unpaired) electrons.